The van der Waals surface area contributed by atoms with Crippen LogP contribution >= 0.6 is 0 Å². The van der Waals surface area contributed by atoms with E-state index in [0.717, 1.165) is 18.4 Å². The van der Waals surface area contributed by atoms with Crippen molar-refractivity contribution in [2.45, 2.75) is 38.6 Å². The van der Waals surface area contributed by atoms with Crippen molar-refractivity contribution < 1.29 is 9.59 Å². The van der Waals surface area contributed by atoms with Crippen LogP contribution in [0.25, 0.3) is 0 Å². The monoisotopic (exact) mass is 263 g/mol. The van der Waals surface area contributed by atoms with Crippen LogP contribution < -0.4 is 16.8 Å². The van der Waals surface area contributed by atoms with Gasteiger partial charge in [0.1, 0.15) is 0 Å². The number of hydrogen-bond donors (Lipinski definition) is 3. The van der Waals surface area contributed by atoms with E-state index in [1.807, 2.05) is 0 Å². The third-order valence-corrected chi connectivity index (χ3v) is 2.81. The second-order valence-electron chi connectivity index (χ2n) is 4.58. The Hall–Kier alpha value is -1.88. The zero-order chi connectivity index (χ0) is 14.3. The van der Waals surface area contributed by atoms with Crippen LogP contribution in [-0.2, 0) is 16.0 Å². The molecule has 19 heavy (non-hydrogen) atoms. The van der Waals surface area contributed by atoms with Crippen molar-refractivity contribution in [2.75, 3.05) is 5.32 Å². The Kier molecular flexibility index (Phi) is 6.02. The maximum atomic E-state index is 11.8. The van der Waals surface area contributed by atoms with Crippen molar-refractivity contribution >= 4 is 17.5 Å². The number of anilines is 1. The van der Waals surface area contributed by atoms with Gasteiger partial charge in [0.2, 0.25) is 11.8 Å². The van der Waals surface area contributed by atoms with E-state index in [1.54, 1.807) is 24.3 Å². The van der Waals surface area contributed by atoms with E-state index >= 15 is 0 Å². The van der Waals surface area contributed by atoms with E-state index in [-0.39, 0.29) is 18.2 Å². The summed E-state index contributed by atoms with van der Waals surface area (Å²) >= 11 is 0. The molecule has 0 spiro atoms. The molecular formula is C14H21N3O2. The summed E-state index contributed by atoms with van der Waals surface area (Å²) in [5.74, 6) is -0.561. The average molecular weight is 263 g/mol. The second kappa shape index (κ2) is 7.53. The number of rotatable bonds is 7. The normalized spacial score (nSPS) is 11.9. The molecule has 1 aromatic carbocycles. The van der Waals surface area contributed by atoms with Crippen molar-refractivity contribution in [3.8, 4) is 0 Å². The summed E-state index contributed by atoms with van der Waals surface area (Å²) in [7, 11) is 0. The molecule has 1 rings (SSSR count). The van der Waals surface area contributed by atoms with Crippen LogP contribution in [0.2, 0.25) is 0 Å². The fraction of sp³-hybridized carbons (Fsp3) is 0.429. The SMILES string of the molecule is CCCCC(N)C(=O)Nc1ccc(CC(N)=O)cc1. The van der Waals surface area contributed by atoms with Crippen molar-refractivity contribution in [1.29, 1.82) is 0 Å². The van der Waals surface area contributed by atoms with Crippen LogP contribution in [-0.4, -0.2) is 17.9 Å². The lowest BCUT2D eigenvalue weighted by molar-refractivity contribution is -0.118. The predicted octanol–water partition coefficient (Wildman–Crippen LogP) is 1.17. The summed E-state index contributed by atoms with van der Waals surface area (Å²) in [6.07, 6.45) is 2.83. The van der Waals surface area contributed by atoms with Crippen LogP contribution in [0.15, 0.2) is 24.3 Å². The summed E-state index contributed by atoms with van der Waals surface area (Å²) in [4.78, 5) is 22.5. The van der Waals surface area contributed by atoms with Gasteiger partial charge in [-0.2, -0.15) is 0 Å². The van der Waals surface area contributed by atoms with Gasteiger partial charge in [-0.05, 0) is 24.1 Å². The number of unbranched alkanes of at least 4 members (excludes halogenated alkanes) is 1. The van der Waals surface area contributed by atoms with E-state index in [0.29, 0.717) is 12.1 Å². The lowest BCUT2D eigenvalue weighted by Gasteiger charge is -2.12. The van der Waals surface area contributed by atoms with Crippen LogP contribution in [0.1, 0.15) is 31.7 Å². The van der Waals surface area contributed by atoms with Crippen molar-refractivity contribution in [3.63, 3.8) is 0 Å². The minimum Gasteiger partial charge on any atom is -0.369 e. The third-order valence-electron chi connectivity index (χ3n) is 2.81. The molecule has 0 fully saturated rings. The molecule has 5 heteroatoms. The van der Waals surface area contributed by atoms with Crippen LogP contribution in [0.3, 0.4) is 0 Å². The molecule has 0 bridgehead atoms. The highest BCUT2D eigenvalue weighted by Crippen LogP contribution is 2.11. The van der Waals surface area contributed by atoms with Gasteiger partial charge in [-0.15, -0.1) is 0 Å². The molecule has 0 saturated heterocycles. The van der Waals surface area contributed by atoms with Crippen LogP contribution in [0.4, 0.5) is 5.69 Å². The van der Waals surface area contributed by atoms with E-state index < -0.39 is 6.04 Å². The second-order valence-corrected chi connectivity index (χ2v) is 4.58. The van der Waals surface area contributed by atoms with Gasteiger partial charge < -0.3 is 16.8 Å². The lowest BCUT2D eigenvalue weighted by atomic mass is 10.1. The first kappa shape index (κ1) is 15.2. The third kappa shape index (κ3) is 5.52. The molecule has 1 atom stereocenters. The maximum Gasteiger partial charge on any atom is 0.241 e. The number of primary amides is 1. The number of carbonyl (C=O) groups excluding carboxylic acids is 2. The molecule has 0 heterocycles. The highest BCUT2D eigenvalue weighted by atomic mass is 16.2. The molecule has 0 aliphatic rings. The topological polar surface area (TPSA) is 98.2 Å². The summed E-state index contributed by atoms with van der Waals surface area (Å²) < 4.78 is 0. The predicted molar refractivity (Wildman–Crippen MR) is 75.5 cm³/mol. The van der Waals surface area contributed by atoms with Gasteiger partial charge >= 0.3 is 0 Å². The molecule has 0 aliphatic heterocycles. The summed E-state index contributed by atoms with van der Waals surface area (Å²) in [5.41, 5.74) is 12.4. The maximum absolute atomic E-state index is 11.8. The quantitative estimate of drug-likeness (QED) is 0.688. The van der Waals surface area contributed by atoms with E-state index in [4.69, 9.17) is 11.5 Å². The fourth-order valence-corrected chi connectivity index (χ4v) is 1.70. The van der Waals surface area contributed by atoms with Crippen molar-refractivity contribution in [3.05, 3.63) is 29.8 Å². The van der Waals surface area contributed by atoms with E-state index in [9.17, 15) is 9.59 Å². The first-order chi connectivity index (χ1) is 9.02. The molecule has 0 aromatic heterocycles. The largest absolute Gasteiger partial charge is 0.369 e. The van der Waals surface area contributed by atoms with Crippen molar-refractivity contribution in [1.82, 2.24) is 0 Å². The Morgan fingerprint density at radius 2 is 1.89 bits per heavy atom. The smallest absolute Gasteiger partial charge is 0.241 e. The molecule has 0 radical (unpaired) electrons. The van der Waals surface area contributed by atoms with Gasteiger partial charge in [0.15, 0.2) is 0 Å². The van der Waals surface area contributed by atoms with E-state index in [2.05, 4.69) is 12.2 Å². The van der Waals surface area contributed by atoms with Gasteiger partial charge in [0.25, 0.3) is 0 Å². The molecule has 5 nitrogen and oxygen atoms in total. The summed E-state index contributed by atoms with van der Waals surface area (Å²) in [6, 6.07) is 6.52. The summed E-state index contributed by atoms with van der Waals surface area (Å²) in [6.45, 7) is 2.06. The Balaban J connectivity index is 2.52. The highest BCUT2D eigenvalue weighted by Gasteiger charge is 2.12. The Morgan fingerprint density at radius 3 is 2.42 bits per heavy atom. The minimum absolute atomic E-state index is 0.184. The van der Waals surface area contributed by atoms with Crippen LogP contribution in [0, 0.1) is 0 Å². The number of carbonyl (C=O) groups is 2. The number of hydrogen-bond acceptors (Lipinski definition) is 3. The zero-order valence-electron chi connectivity index (χ0n) is 11.2. The average Bonchev–Trinajstić information content (AvgIpc) is 2.37. The number of amides is 2. The van der Waals surface area contributed by atoms with Crippen molar-refractivity contribution in [2.24, 2.45) is 11.5 Å². The number of nitrogens with one attached hydrogen (secondary N) is 1. The molecule has 2 amide bonds. The Labute approximate surface area is 113 Å². The molecule has 0 saturated carbocycles. The number of benzene rings is 1. The van der Waals surface area contributed by atoms with Gasteiger partial charge in [-0.3, -0.25) is 9.59 Å². The molecule has 104 valence electrons. The molecule has 1 unspecified atom stereocenters. The molecule has 5 N–H and O–H groups in total. The first-order valence-corrected chi connectivity index (χ1v) is 6.46. The summed E-state index contributed by atoms with van der Waals surface area (Å²) in [5, 5.41) is 2.75. The van der Waals surface area contributed by atoms with Gasteiger partial charge in [-0.1, -0.05) is 31.9 Å². The standard InChI is InChI=1S/C14H21N3O2/c1-2-3-4-12(15)14(19)17-11-7-5-10(6-8-11)9-13(16)18/h5-8,12H,2-4,9,15H2,1H3,(H2,16,18)(H,17,19). The first-order valence-electron chi connectivity index (χ1n) is 6.46. The Morgan fingerprint density at radius 1 is 1.26 bits per heavy atom. The van der Waals surface area contributed by atoms with Crippen LogP contribution in [0.5, 0.6) is 0 Å². The van der Waals surface area contributed by atoms with Gasteiger partial charge in [0, 0.05) is 5.69 Å². The molecule has 0 aliphatic carbocycles. The molecule has 1 aromatic rings. The van der Waals surface area contributed by atoms with E-state index in [1.165, 1.54) is 0 Å². The minimum atomic E-state index is -0.481. The fourth-order valence-electron chi connectivity index (χ4n) is 1.70. The number of nitrogens with two attached hydrogens (primary N) is 2. The Bertz CT molecular complexity index is 429. The zero-order valence-corrected chi connectivity index (χ0v) is 11.2. The lowest BCUT2D eigenvalue weighted by Crippen LogP contribution is -2.35. The molecular weight excluding hydrogens is 242 g/mol. The van der Waals surface area contributed by atoms with Gasteiger partial charge in [0.05, 0.1) is 12.5 Å². The highest BCUT2D eigenvalue weighted by molar-refractivity contribution is 5.94. The van der Waals surface area contributed by atoms with Gasteiger partial charge in [-0.25, -0.2) is 0 Å².